The molecule has 0 saturated carbocycles. The average molecular weight is 447 g/mol. The summed E-state index contributed by atoms with van der Waals surface area (Å²) in [5, 5.41) is 9.06. The number of hydrogen-bond donors (Lipinski definition) is 0. The number of rotatable bonds is 5. The van der Waals surface area contributed by atoms with Gasteiger partial charge in [0.25, 0.3) is 6.01 Å². The van der Waals surface area contributed by atoms with Crippen LogP contribution in [0.4, 0.5) is 4.79 Å². The van der Waals surface area contributed by atoms with Crippen LogP contribution in [0.2, 0.25) is 0 Å². The molecule has 0 spiro atoms. The van der Waals surface area contributed by atoms with E-state index in [2.05, 4.69) is 10.6 Å². The highest BCUT2D eigenvalue weighted by atomic mass is 16.6. The second-order valence-corrected chi connectivity index (χ2v) is 9.52. The lowest BCUT2D eigenvalue weighted by molar-refractivity contribution is 0.0136. The molecule has 7 heteroatoms. The summed E-state index contributed by atoms with van der Waals surface area (Å²) in [6.07, 6.45) is 1.66. The van der Waals surface area contributed by atoms with Crippen LogP contribution < -0.4 is 4.74 Å². The van der Waals surface area contributed by atoms with Crippen LogP contribution in [0.5, 0.6) is 6.01 Å². The lowest BCUT2D eigenvalue weighted by Crippen LogP contribution is -2.44. The second-order valence-electron chi connectivity index (χ2n) is 9.52. The number of amides is 1. The third-order valence-electron chi connectivity index (χ3n) is 5.66. The summed E-state index contributed by atoms with van der Waals surface area (Å²) in [5.74, 6) is 0.217. The highest BCUT2D eigenvalue weighted by molar-refractivity contribution is 5.76. The molecule has 0 N–H and O–H groups in total. The van der Waals surface area contributed by atoms with Gasteiger partial charge >= 0.3 is 6.09 Å². The van der Waals surface area contributed by atoms with Crippen molar-refractivity contribution in [1.82, 2.24) is 14.5 Å². The third-order valence-corrected chi connectivity index (χ3v) is 5.66. The number of imidazole rings is 1. The SMILES string of the molecule is CC(C)(C)OC(=O)N1CCCC(COc2nc3ccccc3n2Cc2ccc(C#N)cc2)C1. The first-order valence-corrected chi connectivity index (χ1v) is 11.4. The summed E-state index contributed by atoms with van der Waals surface area (Å²) in [6.45, 7) is 8.05. The van der Waals surface area contributed by atoms with Gasteiger partial charge in [0.2, 0.25) is 0 Å². The Morgan fingerprint density at radius 3 is 2.67 bits per heavy atom. The van der Waals surface area contributed by atoms with Crippen LogP contribution in [-0.2, 0) is 11.3 Å². The monoisotopic (exact) mass is 446 g/mol. The van der Waals surface area contributed by atoms with Gasteiger partial charge < -0.3 is 14.4 Å². The Bertz CT molecular complexity index is 1150. The van der Waals surface area contributed by atoms with E-state index < -0.39 is 5.60 Å². The molecule has 1 aliphatic heterocycles. The van der Waals surface area contributed by atoms with Crippen LogP contribution in [0.1, 0.15) is 44.7 Å². The van der Waals surface area contributed by atoms with Crippen molar-refractivity contribution in [3.63, 3.8) is 0 Å². The Morgan fingerprint density at radius 2 is 1.94 bits per heavy atom. The molecule has 7 nitrogen and oxygen atoms in total. The molecule has 2 heterocycles. The molecule has 4 rings (SSSR count). The van der Waals surface area contributed by atoms with Crippen LogP contribution in [0.25, 0.3) is 11.0 Å². The number of nitriles is 1. The van der Waals surface area contributed by atoms with Crippen LogP contribution in [0.3, 0.4) is 0 Å². The first-order valence-electron chi connectivity index (χ1n) is 11.4. The van der Waals surface area contributed by atoms with E-state index in [0.29, 0.717) is 37.8 Å². The van der Waals surface area contributed by atoms with Gasteiger partial charge in [-0.3, -0.25) is 4.57 Å². The summed E-state index contributed by atoms with van der Waals surface area (Å²) in [5.41, 5.74) is 3.07. The average Bonchev–Trinajstić information content (AvgIpc) is 3.14. The molecule has 0 aliphatic carbocycles. The standard InChI is InChI=1S/C26H30N4O3/c1-26(2,3)33-25(31)29-14-6-7-21(16-29)18-32-24-28-22-8-4-5-9-23(22)30(24)17-20-12-10-19(15-27)11-13-20/h4-5,8-13,21H,6-7,14,16-18H2,1-3H3. The summed E-state index contributed by atoms with van der Waals surface area (Å²) >= 11 is 0. The largest absolute Gasteiger partial charge is 0.464 e. The van der Waals surface area contributed by atoms with E-state index in [4.69, 9.17) is 19.7 Å². The molecule has 33 heavy (non-hydrogen) atoms. The number of aromatic nitrogens is 2. The summed E-state index contributed by atoms with van der Waals surface area (Å²) in [6, 6.07) is 18.2. The predicted molar refractivity (Wildman–Crippen MR) is 126 cm³/mol. The number of piperidine rings is 1. The van der Waals surface area contributed by atoms with Crippen molar-refractivity contribution >= 4 is 17.1 Å². The van der Waals surface area contributed by atoms with Gasteiger partial charge in [0.15, 0.2) is 0 Å². The normalized spacial score (nSPS) is 16.4. The van der Waals surface area contributed by atoms with Gasteiger partial charge in [0.1, 0.15) is 5.60 Å². The fraction of sp³-hybridized carbons (Fsp3) is 0.423. The summed E-state index contributed by atoms with van der Waals surface area (Å²) in [4.78, 5) is 19.0. The number of ether oxygens (including phenoxy) is 2. The predicted octanol–water partition coefficient (Wildman–Crippen LogP) is 4.98. The number of nitrogens with zero attached hydrogens (tertiary/aromatic N) is 4. The zero-order chi connectivity index (χ0) is 23.4. The van der Waals surface area contributed by atoms with E-state index >= 15 is 0 Å². The van der Waals surface area contributed by atoms with E-state index in [1.54, 1.807) is 4.90 Å². The molecule has 2 aromatic carbocycles. The Labute approximate surface area is 194 Å². The molecule has 1 aliphatic rings. The van der Waals surface area contributed by atoms with Crippen molar-refractivity contribution in [2.45, 2.75) is 45.8 Å². The number of hydrogen-bond acceptors (Lipinski definition) is 5. The van der Waals surface area contributed by atoms with Crippen LogP contribution in [0, 0.1) is 17.2 Å². The van der Waals surface area contributed by atoms with Gasteiger partial charge in [-0.15, -0.1) is 0 Å². The van der Waals surface area contributed by atoms with E-state index in [0.717, 1.165) is 29.4 Å². The minimum absolute atomic E-state index is 0.217. The molecule has 1 atom stereocenters. The quantitative estimate of drug-likeness (QED) is 0.552. The number of likely N-dealkylation sites (tertiary alicyclic amines) is 1. The highest BCUT2D eigenvalue weighted by Gasteiger charge is 2.28. The first kappa shape index (κ1) is 22.7. The second kappa shape index (κ2) is 9.53. The molecule has 0 bridgehead atoms. The zero-order valence-electron chi connectivity index (χ0n) is 19.5. The van der Waals surface area contributed by atoms with Gasteiger partial charge in [-0.1, -0.05) is 24.3 Å². The van der Waals surface area contributed by atoms with Crippen molar-refractivity contribution in [2.75, 3.05) is 19.7 Å². The maximum Gasteiger partial charge on any atom is 0.410 e. The molecule has 3 aromatic rings. The molecular weight excluding hydrogens is 416 g/mol. The van der Waals surface area contributed by atoms with Crippen LogP contribution in [0.15, 0.2) is 48.5 Å². The van der Waals surface area contributed by atoms with Crippen molar-refractivity contribution in [1.29, 1.82) is 5.26 Å². The van der Waals surface area contributed by atoms with Gasteiger partial charge in [0.05, 0.1) is 35.8 Å². The third kappa shape index (κ3) is 5.64. The smallest absolute Gasteiger partial charge is 0.410 e. The van der Waals surface area contributed by atoms with Crippen LogP contribution in [-0.4, -0.2) is 45.8 Å². The molecule has 1 amide bonds. The molecule has 172 valence electrons. The number of fused-ring (bicyclic) bond motifs is 1. The van der Waals surface area contributed by atoms with E-state index in [1.807, 2.05) is 69.3 Å². The zero-order valence-corrected chi connectivity index (χ0v) is 19.5. The van der Waals surface area contributed by atoms with Gasteiger partial charge in [0, 0.05) is 19.0 Å². The molecule has 1 saturated heterocycles. The van der Waals surface area contributed by atoms with E-state index in [9.17, 15) is 4.79 Å². The molecule has 1 aromatic heterocycles. The van der Waals surface area contributed by atoms with Gasteiger partial charge in [-0.25, -0.2) is 4.79 Å². The molecule has 0 radical (unpaired) electrons. The van der Waals surface area contributed by atoms with Gasteiger partial charge in [-0.05, 0) is 63.4 Å². The summed E-state index contributed by atoms with van der Waals surface area (Å²) < 4.78 is 13.8. The maximum atomic E-state index is 12.5. The number of benzene rings is 2. The number of carbonyl (C=O) groups is 1. The fourth-order valence-electron chi connectivity index (χ4n) is 4.07. The fourth-order valence-corrected chi connectivity index (χ4v) is 4.07. The minimum Gasteiger partial charge on any atom is -0.464 e. The van der Waals surface area contributed by atoms with Crippen molar-refractivity contribution in [3.8, 4) is 12.1 Å². The minimum atomic E-state index is -0.503. The van der Waals surface area contributed by atoms with Crippen molar-refractivity contribution in [3.05, 3.63) is 59.7 Å². The Kier molecular flexibility index (Phi) is 6.55. The van der Waals surface area contributed by atoms with E-state index in [-0.39, 0.29) is 12.0 Å². The Morgan fingerprint density at radius 1 is 1.18 bits per heavy atom. The lowest BCUT2D eigenvalue weighted by atomic mass is 9.99. The Balaban J connectivity index is 1.47. The molecular formula is C26H30N4O3. The Hall–Kier alpha value is -3.53. The topological polar surface area (TPSA) is 80.4 Å². The first-order chi connectivity index (χ1) is 15.8. The lowest BCUT2D eigenvalue weighted by Gasteiger charge is -2.33. The molecule has 1 fully saturated rings. The maximum absolute atomic E-state index is 12.5. The van der Waals surface area contributed by atoms with E-state index in [1.165, 1.54) is 0 Å². The molecule has 1 unspecified atom stereocenters. The summed E-state index contributed by atoms with van der Waals surface area (Å²) in [7, 11) is 0. The number of para-hydroxylation sites is 2. The number of carbonyl (C=O) groups excluding carboxylic acids is 1. The van der Waals surface area contributed by atoms with Crippen molar-refractivity contribution < 1.29 is 14.3 Å². The van der Waals surface area contributed by atoms with Crippen molar-refractivity contribution in [2.24, 2.45) is 5.92 Å². The van der Waals surface area contributed by atoms with Gasteiger partial charge in [-0.2, -0.15) is 10.2 Å². The highest BCUT2D eigenvalue weighted by Crippen LogP contribution is 2.25. The van der Waals surface area contributed by atoms with Crippen LogP contribution >= 0.6 is 0 Å².